The monoisotopic (exact) mass is 318 g/mol. The van der Waals surface area contributed by atoms with E-state index in [9.17, 15) is 14.4 Å². The van der Waals surface area contributed by atoms with Gasteiger partial charge in [-0.25, -0.2) is 4.79 Å². The standard InChI is InChI=1S/C16H22N4O3/c1-18-13(4-2-5-14(18)21)15(22)19-10-6-12(7-11-19)20-9-3-8-17-16(20)23/h2,4-5,12H,3,6-11H2,1H3,(H,17,23). The van der Waals surface area contributed by atoms with Gasteiger partial charge in [0.25, 0.3) is 11.5 Å². The largest absolute Gasteiger partial charge is 0.338 e. The third-order valence-corrected chi connectivity index (χ3v) is 4.71. The normalized spacial score (nSPS) is 19.6. The van der Waals surface area contributed by atoms with Crippen LogP contribution >= 0.6 is 0 Å². The van der Waals surface area contributed by atoms with E-state index in [0.717, 1.165) is 32.4 Å². The molecule has 0 atom stereocenters. The Bertz CT molecular complexity index is 662. The summed E-state index contributed by atoms with van der Waals surface area (Å²) >= 11 is 0. The van der Waals surface area contributed by atoms with Crippen LogP contribution in [0.2, 0.25) is 0 Å². The smallest absolute Gasteiger partial charge is 0.317 e. The van der Waals surface area contributed by atoms with Crippen molar-refractivity contribution in [1.29, 1.82) is 0 Å². The molecular formula is C16H22N4O3. The minimum Gasteiger partial charge on any atom is -0.338 e. The summed E-state index contributed by atoms with van der Waals surface area (Å²) < 4.78 is 1.38. The number of aromatic nitrogens is 1. The topological polar surface area (TPSA) is 74.7 Å². The highest BCUT2D eigenvalue weighted by Crippen LogP contribution is 2.19. The van der Waals surface area contributed by atoms with Gasteiger partial charge in [0.2, 0.25) is 0 Å². The molecule has 1 aromatic rings. The van der Waals surface area contributed by atoms with Gasteiger partial charge in [-0.3, -0.25) is 9.59 Å². The van der Waals surface area contributed by atoms with Crippen molar-refractivity contribution in [2.45, 2.75) is 25.3 Å². The van der Waals surface area contributed by atoms with Crippen LogP contribution in [0.15, 0.2) is 23.0 Å². The van der Waals surface area contributed by atoms with Crippen molar-refractivity contribution < 1.29 is 9.59 Å². The number of likely N-dealkylation sites (tertiary alicyclic amines) is 1. The van der Waals surface area contributed by atoms with Gasteiger partial charge in [-0.1, -0.05) is 6.07 Å². The summed E-state index contributed by atoms with van der Waals surface area (Å²) in [6, 6.07) is 4.93. The number of hydrogen-bond acceptors (Lipinski definition) is 3. The van der Waals surface area contributed by atoms with E-state index < -0.39 is 0 Å². The molecule has 124 valence electrons. The Kier molecular flexibility index (Phi) is 4.36. The first-order chi connectivity index (χ1) is 11.1. The average Bonchev–Trinajstić information content (AvgIpc) is 2.57. The maximum atomic E-state index is 12.6. The van der Waals surface area contributed by atoms with Crippen molar-refractivity contribution in [2.75, 3.05) is 26.2 Å². The van der Waals surface area contributed by atoms with E-state index >= 15 is 0 Å². The molecule has 0 aliphatic carbocycles. The SMILES string of the molecule is Cn1c(C(=O)N2CCC(N3CCCNC3=O)CC2)cccc1=O. The van der Waals surface area contributed by atoms with E-state index in [-0.39, 0.29) is 23.5 Å². The summed E-state index contributed by atoms with van der Waals surface area (Å²) in [6.07, 6.45) is 2.52. The molecule has 0 spiro atoms. The lowest BCUT2D eigenvalue weighted by Gasteiger charge is -2.40. The number of nitrogens with one attached hydrogen (secondary N) is 1. The number of pyridine rings is 1. The lowest BCUT2D eigenvalue weighted by atomic mass is 10.0. The molecule has 2 fully saturated rings. The molecule has 2 saturated heterocycles. The van der Waals surface area contributed by atoms with E-state index in [1.165, 1.54) is 10.6 Å². The average molecular weight is 318 g/mol. The maximum Gasteiger partial charge on any atom is 0.317 e. The lowest BCUT2D eigenvalue weighted by molar-refractivity contribution is 0.0632. The van der Waals surface area contributed by atoms with Crippen LogP contribution in [0.1, 0.15) is 29.8 Å². The number of carbonyl (C=O) groups excluding carboxylic acids is 2. The summed E-state index contributed by atoms with van der Waals surface area (Å²) in [5.41, 5.74) is 0.224. The van der Waals surface area contributed by atoms with E-state index in [0.29, 0.717) is 18.8 Å². The molecule has 7 heteroatoms. The number of amides is 3. The van der Waals surface area contributed by atoms with E-state index in [1.54, 1.807) is 24.1 Å². The van der Waals surface area contributed by atoms with Gasteiger partial charge in [-0.2, -0.15) is 0 Å². The first-order valence-corrected chi connectivity index (χ1v) is 8.07. The molecule has 7 nitrogen and oxygen atoms in total. The van der Waals surface area contributed by atoms with Crippen molar-refractivity contribution in [3.63, 3.8) is 0 Å². The first-order valence-electron chi connectivity index (χ1n) is 8.07. The van der Waals surface area contributed by atoms with E-state index in [4.69, 9.17) is 0 Å². The molecule has 0 aromatic carbocycles. The van der Waals surface area contributed by atoms with Crippen molar-refractivity contribution in [1.82, 2.24) is 19.7 Å². The highest BCUT2D eigenvalue weighted by atomic mass is 16.2. The number of urea groups is 1. The molecule has 23 heavy (non-hydrogen) atoms. The Labute approximate surface area is 134 Å². The molecule has 1 N–H and O–H groups in total. The first kappa shape index (κ1) is 15.6. The minimum atomic E-state index is -0.185. The zero-order valence-electron chi connectivity index (χ0n) is 13.3. The van der Waals surface area contributed by atoms with Crippen molar-refractivity contribution >= 4 is 11.9 Å². The van der Waals surface area contributed by atoms with Crippen molar-refractivity contribution in [2.24, 2.45) is 7.05 Å². The third kappa shape index (κ3) is 3.09. The minimum absolute atomic E-state index is 0.00600. The Hall–Kier alpha value is -2.31. The van der Waals surface area contributed by atoms with Gasteiger partial charge in [0, 0.05) is 45.3 Å². The van der Waals surface area contributed by atoms with Crippen LogP contribution in [-0.2, 0) is 7.05 Å². The quantitative estimate of drug-likeness (QED) is 0.858. The predicted octanol–water partition coefficient (Wildman–Crippen LogP) is 0.405. The molecule has 0 unspecified atom stereocenters. The fraction of sp³-hybridized carbons (Fsp3) is 0.562. The molecule has 3 heterocycles. The number of carbonyl (C=O) groups is 2. The summed E-state index contributed by atoms with van der Waals surface area (Å²) in [4.78, 5) is 39.8. The molecule has 0 radical (unpaired) electrons. The summed E-state index contributed by atoms with van der Waals surface area (Å²) in [5.74, 6) is -0.119. The Morgan fingerprint density at radius 2 is 1.91 bits per heavy atom. The molecule has 1 aromatic heterocycles. The fourth-order valence-electron chi connectivity index (χ4n) is 3.32. The molecule has 0 bridgehead atoms. The Morgan fingerprint density at radius 3 is 2.61 bits per heavy atom. The van der Waals surface area contributed by atoms with Crippen LogP contribution in [0.25, 0.3) is 0 Å². The highest BCUT2D eigenvalue weighted by molar-refractivity contribution is 5.92. The Balaban J connectivity index is 1.64. The second kappa shape index (κ2) is 6.44. The molecule has 3 rings (SSSR count). The van der Waals surface area contributed by atoms with Crippen LogP contribution in [0.4, 0.5) is 4.79 Å². The summed E-state index contributed by atoms with van der Waals surface area (Å²) in [7, 11) is 1.61. The molecule has 0 saturated carbocycles. The Morgan fingerprint density at radius 1 is 1.17 bits per heavy atom. The van der Waals surface area contributed by atoms with Gasteiger partial charge in [0.05, 0.1) is 0 Å². The zero-order valence-corrected chi connectivity index (χ0v) is 13.3. The van der Waals surface area contributed by atoms with E-state index in [2.05, 4.69) is 5.32 Å². The van der Waals surface area contributed by atoms with Gasteiger partial charge < -0.3 is 19.7 Å². The molecule has 3 amide bonds. The van der Waals surface area contributed by atoms with Gasteiger partial charge in [-0.15, -0.1) is 0 Å². The molecule has 2 aliphatic rings. The van der Waals surface area contributed by atoms with Crippen LogP contribution in [0.5, 0.6) is 0 Å². The maximum absolute atomic E-state index is 12.6. The number of hydrogen-bond donors (Lipinski definition) is 1. The van der Waals surface area contributed by atoms with Crippen LogP contribution in [-0.4, -0.2) is 58.5 Å². The lowest BCUT2D eigenvalue weighted by Crippen LogP contribution is -2.54. The van der Waals surface area contributed by atoms with Crippen LogP contribution in [0.3, 0.4) is 0 Å². The van der Waals surface area contributed by atoms with Crippen molar-refractivity contribution in [3.05, 3.63) is 34.2 Å². The predicted molar refractivity (Wildman–Crippen MR) is 85.3 cm³/mol. The summed E-state index contributed by atoms with van der Waals surface area (Å²) in [6.45, 7) is 2.75. The zero-order chi connectivity index (χ0) is 16.4. The second-order valence-electron chi connectivity index (χ2n) is 6.11. The number of piperidine rings is 1. The van der Waals surface area contributed by atoms with Crippen molar-refractivity contribution in [3.8, 4) is 0 Å². The van der Waals surface area contributed by atoms with E-state index in [1.807, 2.05) is 4.90 Å². The number of nitrogens with zero attached hydrogens (tertiary/aromatic N) is 3. The van der Waals surface area contributed by atoms with Crippen LogP contribution in [0, 0.1) is 0 Å². The molecular weight excluding hydrogens is 296 g/mol. The van der Waals surface area contributed by atoms with Crippen LogP contribution < -0.4 is 10.9 Å². The van der Waals surface area contributed by atoms with Gasteiger partial charge in [-0.05, 0) is 25.3 Å². The molecule has 2 aliphatic heterocycles. The van der Waals surface area contributed by atoms with Gasteiger partial charge in [0.1, 0.15) is 5.69 Å². The second-order valence-corrected chi connectivity index (χ2v) is 6.11. The number of rotatable bonds is 2. The van der Waals surface area contributed by atoms with Gasteiger partial charge in [0.15, 0.2) is 0 Å². The van der Waals surface area contributed by atoms with Gasteiger partial charge >= 0.3 is 6.03 Å². The summed E-state index contributed by atoms with van der Waals surface area (Å²) in [5, 5.41) is 2.87. The third-order valence-electron chi connectivity index (χ3n) is 4.71. The highest BCUT2D eigenvalue weighted by Gasteiger charge is 2.31. The fourth-order valence-corrected chi connectivity index (χ4v) is 3.32.